The zero-order valence-electron chi connectivity index (χ0n) is 10.8. The van der Waals surface area contributed by atoms with Crippen molar-refractivity contribution in [1.29, 1.82) is 0 Å². The molecule has 7 nitrogen and oxygen atoms in total. The average Bonchev–Trinajstić information content (AvgIpc) is 2.37. The average molecular weight is 289 g/mol. The highest BCUT2D eigenvalue weighted by Gasteiger charge is 2.07. The van der Waals surface area contributed by atoms with Crippen LogP contribution in [0.1, 0.15) is 0 Å². The van der Waals surface area contributed by atoms with E-state index in [2.05, 4.69) is 9.44 Å². The molecule has 0 aliphatic carbocycles. The molecule has 0 radical (unpaired) electrons. The first kappa shape index (κ1) is 15.7. The van der Waals surface area contributed by atoms with Crippen molar-refractivity contribution in [3.05, 3.63) is 24.3 Å². The lowest BCUT2D eigenvalue weighted by Gasteiger charge is -2.10. The van der Waals surface area contributed by atoms with Crippen molar-refractivity contribution in [3.63, 3.8) is 0 Å². The molecule has 0 saturated carbocycles. The fourth-order valence-corrected chi connectivity index (χ4v) is 2.08. The molecule has 1 aromatic rings. The molecular weight excluding hydrogens is 270 g/mol. The van der Waals surface area contributed by atoms with Crippen LogP contribution in [0.5, 0.6) is 5.75 Å². The van der Waals surface area contributed by atoms with Gasteiger partial charge in [-0.1, -0.05) is 12.1 Å². The summed E-state index contributed by atoms with van der Waals surface area (Å²) in [6.07, 6.45) is 0. The second-order valence-corrected chi connectivity index (χ2v) is 5.26. The highest BCUT2D eigenvalue weighted by atomic mass is 32.2. The fraction of sp³-hybridized carbons (Fsp3) is 0.455. The Balaban J connectivity index is 2.25. The number of nitrogens with one attached hydrogen (secondary N) is 2. The van der Waals surface area contributed by atoms with Gasteiger partial charge in [-0.15, -0.1) is 0 Å². The maximum absolute atomic E-state index is 11.4. The third-order valence-corrected chi connectivity index (χ3v) is 3.34. The van der Waals surface area contributed by atoms with Crippen LogP contribution >= 0.6 is 0 Å². The van der Waals surface area contributed by atoms with E-state index >= 15 is 0 Å². The first-order chi connectivity index (χ1) is 9.05. The molecule has 0 atom stereocenters. The minimum atomic E-state index is -3.51. The quantitative estimate of drug-likeness (QED) is 0.428. The number of hydrogen-bond acceptors (Lipinski definition) is 5. The Kier molecular flexibility index (Phi) is 6.57. The zero-order chi connectivity index (χ0) is 14.1. The zero-order valence-corrected chi connectivity index (χ0v) is 11.6. The van der Waals surface area contributed by atoms with Gasteiger partial charge >= 0.3 is 0 Å². The predicted octanol–water partition coefficient (Wildman–Crippen LogP) is -0.282. The summed E-state index contributed by atoms with van der Waals surface area (Å²) in [5.41, 5.74) is 6.20. The van der Waals surface area contributed by atoms with Gasteiger partial charge in [-0.05, 0) is 12.1 Å². The number of nitrogen functional groups attached to an aromatic ring is 1. The minimum Gasteiger partial charge on any atom is -0.490 e. The van der Waals surface area contributed by atoms with E-state index in [0.29, 0.717) is 18.0 Å². The van der Waals surface area contributed by atoms with Crippen molar-refractivity contribution in [2.75, 3.05) is 39.1 Å². The monoisotopic (exact) mass is 289 g/mol. The molecule has 0 amide bonds. The third-order valence-electron chi connectivity index (χ3n) is 2.17. The van der Waals surface area contributed by atoms with Crippen LogP contribution in [-0.4, -0.2) is 41.8 Å². The number of rotatable bonds is 9. The van der Waals surface area contributed by atoms with Crippen LogP contribution in [0, 0.1) is 0 Å². The lowest BCUT2D eigenvalue weighted by molar-refractivity contribution is 0.204. The highest BCUT2D eigenvalue weighted by Crippen LogP contribution is 2.19. The molecule has 0 aliphatic rings. The van der Waals surface area contributed by atoms with Gasteiger partial charge in [0, 0.05) is 20.2 Å². The molecule has 1 rings (SSSR count). The number of benzene rings is 1. The van der Waals surface area contributed by atoms with Gasteiger partial charge in [-0.3, -0.25) is 0 Å². The van der Waals surface area contributed by atoms with Crippen LogP contribution in [0.15, 0.2) is 24.3 Å². The lowest BCUT2D eigenvalue weighted by atomic mass is 10.3. The van der Waals surface area contributed by atoms with E-state index in [1.807, 2.05) is 0 Å². The maximum Gasteiger partial charge on any atom is 0.277 e. The second-order valence-electron chi connectivity index (χ2n) is 3.67. The predicted molar refractivity (Wildman–Crippen MR) is 73.2 cm³/mol. The molecule has 1 aromatic carbocycles. The number of nitrogens with two attached hydrogens (primary N) is 1. The summed E-state index contributed by atoms with van der Waals surface area (Å²) in [7, 11) is -2.01. The topological polar surface area (TPSA) is 103 Å². The Bertz CT molecular complexity index is 479. The largest absolute Gasteiger partial charge is 0.490 e. The van der Waals surface area contributed by atoms with Gasteiger partial charge in [0.1, 0.15) is 12.4 Å². The van der Waals surface area contributed by atoms with E-state index in [0.717, 1.165) is 0 Å². The van der Waals surface area contributed by atoms with Gasteiger partial charge in [0.25, 0.3) is 10.2 Å². The molecule has 0 spiro atoms. The molecule has 0 heterocycles. The smallest absolute Gasteiger partial charge is 0.277 e. The molecule has 0 unspecified atom stereocenters. The molecule has 0 bridgehead atoms. The van der Waals surface area contributed by atoms with Crippen LogP contribution in [0.25, 0.3) is 0 Å². The van der Waals surface area contributed by atoms with Crippen LogP contribution in [0.4, 0.5) is 5.69 Å². The van der Waals surface area contributed by atoms with E-state index in [4.69, 9.17) is 15.2 Å². The molecule has 0 aromatic heterocycles. The Morgan fingerprint density at radius 2 is 1.79 bits per heavy atom. The van der Waals surface area contributed by atoms with Crippen LogP contribution in [-0.2, 0) is 14.9 Å². The van der Waals surface area contributed by atoms with E-state index in [-0.39, 0.29) is 19.7 Å². The Morgan fingerprint density at radius 1 is 1.16 bits per heavy atom. The first-order valence-corrected chi connectivity index (χ1v) is 7.24. The van der Waals surface area contributed by atoms with Crippen LogP contribution < -0.4 is 19.9 Å². The molecule has 0 fully saturated rings. The Hall–Kier alpha value is -1.35. The molecule has 0 saturated heterocycles. The van der Waals surface area contributed by atoms with Crippen molar-refractivity contribution < 1.29 is 17.9 Å². The molecule has 108 valence electrons. The Labute approximate surface area is 113 Å². The SMILES string of the molecule is COCCNS(=O)(=O)NCCOc1ccccc1N. The number of methoxy groups -OCH3 is 1. The fourth-order valence-electron chi connectivity index (χ4n) is 1.28. The van der Waals surface area contributed by atoms with Gasteiger partial charge in [0.2, 0.25) is 0 Å². The Morgan fingerprint density at radius 3 is 2.42 bits per heavy atom. The van der Waals surface area contributed by atoms with E-state index in [1.165, 1.54) is 7.11 Å². The first-order valence-electron chi connectivity index (χ1n) is 5.75. The number of para-hydroxylation sites is 2. The van der Waals surface area contributed by atoms with Crippen LogP contribution in [0.2, 0.25) is 0 Å². The summed E-state index contributed by atoms with van der Waals surface area (Å²) in [6, 6.07) is 7.03. The normalized spacial score (nSPS) is 11.4. The highest BCUT2D eigenvalue weighted by molar-refractivity contribution is 7.87. The standard InChI is InChI=1S/C11H19N3O4S/c1-17-8-6-13-19(15,16)14-7-9-18-11-5-3-2-4-10(11)12/h2-5,13-14H,6-9,12H2,1H3. The summed E-state index contributed by atoms with van der Waals surface area (Å²) < 4.78 is 37.6. The molecule has 8 heteroatoms. The van der Waals surface area contributed by atoms with Crippen molar-refractivity contribution in [2.24, 2.45) is 0 Å². The van der Waals surface area contributed by atoms with E-state index < -0.39 is 10.2 Å². The summed E-state index contributed by atoms with van der Waals surface area (Å²) in [5, 5.41) is 0. The van der Waals surface area contributed by atoms with Gasteiger partial charge in [-0.2, -0.15) is 17.9 Å². The van der Waals surface area contributed by atoms with Crippen LogP contribution in [0.3, 0.4) is 0 Å². The summed E-state index contributed by atoms with van der Waals surface area (Å²) in [6.45, 7) is 0.881. The summed E-state index contributed by atoms with van der Waals surface area (Å²) in [4.78, 5) is 0. The third kappa shape index (κ3) is 6.39. The van der Waals surface area contributed by atoms with Gasteiger partial charge in [0.05, 0.1) is 12.3 Å². The molecular formula is C11H19N3O4S. The van der Waals surface area contributed by atoms with E-state index in [9.17, 15) is 8.42 Å². The van der Waals surface area contributed by atoms with Crippen molar-refractivity contribution in [1.82, 2.24) is 9.44 Å². The van der Waals surface area contributed by atoms with Crippen molar-refractivity contribution in [3.8, 4) is 5.75 Å². The summed E-state index contributed by atoms with van der Waals surface area (Å²) in [5.74, 6) is 0.536. The number of anilines is 1. The molecule has 0 aliphatic heterocycles. The lowest BCUT2D eigenvalue weighted by Crippen LogP contribution is -2.39. The van der Waals surface area contributed by atoms with Gasteiger partial charge < -0.3 is 15.2 Å². The minimum absolute atomic E-state index is 0.149. The second kappa shape index (κ2) is 7.95. The van der Waals surface area contributed by atoms with Crippen molar-refractivity contribution >= 4 is 15.9 Å². The van der Waals surface area contributed by atoms with Gasteiger partial charge in [-0.25, -0.2) is 0 Å². The molecule has 19 heavy (non-hydrogen) atoms. The molecule has 4 N–H and O–H groups in total. The number of ether oxygens (including phenoxy) is 2. The van der Waals surface area contributed by atoms with E-state index in [1.54, 1.807) is 24.3 Å². The maximum atomic E-state index is 11.4. The van der Waals surface area contributed by atoms with Gasteiger partial charge in [0.15, 0.2) is 0 Å². The van der Waals surface area contributed by atoms with Crippen molar-refractivity contribution in [2.45, 2.75) is 0 Å². The number of hydrogen-bond donors (Lipinski definition) is 3. The summed E-state index contributed by atoms with van der Waals surface area (Å²) >= 11 is 0.